The topological polar surface area (TPSA) is 24.1 Å². The van der Waals surface area contributed by atoms with Gasteiger partial charge in [0.15, 0.2) is 0 Å². The average molecular weight is 194 g/mol. The molecule has 0 radical (unpaired) electrons. The van der Waals surface area contributed by atoms with Crippen LogP contribution < -0.4 is 15.8 Å². The van der Waals surface area contributed by atoms with Crippen molar-refractivity contribution in [1.82, 2.24) is 10.6 Å². The highest BCUT2D eigenvalue weighted by atomic mass is 28.2. The molecule has 0 bridgehead atoms. The van der Waals surface area contributed by atoms with E-state index in [0.717, 1.165) is 0 Å². The van der Waals surface area contributed by atoms with Crippen LogP contribution in [-0.2, 0) is 0 Å². The summed E-state index contributed by atoms with van der Waals surface area (Å²) in [7, 11) is 3.90. The zero-order valence-corrected chi connectivity index (χ0v) is 9.79. The van der Waals surface area contributed by atoms with E-state index in [2.05, 4.69) is 41.0 Å². The van der Waals surface area contributed by atoms with Gasteiger partial charge in [0.2, 0.25) is 0 Å². The minimum Gasteiger partial charge on any atom is -0.305 e. The van der Waals surface area contributed by atoms with Crippen molar-refractivity contribution >= 4 is 14.7 Å². The van der Waals surface area contributed by atoms with Gasteiger partial charge in [-0.2, -0.15) is 0 Å². The molecule has 0 amide bonds. The summed E-state index contributed by atoms with van der Waals surface area (Å²) in [6, 6.07) is 12.0. The predicted molar refractivity (Wildman–Crippen MR) is 61.3 cm³/mol. The Morgan fingerprint density at radius 3 is 2.31 bits per heavy atom. The number of benzene rings is 1. The van der Waals surface area contributed by atoms with E-state index in [1.165, 1.54) is 11.2 Å². The van der Waals surface area contributed by atoms with Crippen LogP contribution in [0.2, 0.25) is 6.04 Å². The third-order valence-corrected chi connectivity index (χ3v) is 4.18. The zero-order chi connectivity index (χ0) is 9.52. The lowest BCUT2D eigenvalue weighted by Crippen LogP contribution is -2.39. The van der Waals surface area contributed by atoms with E-state index in [-0.39, 0.29) is 9.52 Å². The number of rotatable bonds is 5. The van der Waals surface area contributed by atoms with Crippen LogP contribution >= 0.6 is 0 Å². The Hall–Kier alpha value is -0.643. The van der Waals surface area contributed by atoms with E-state index in [1.54, 1.807) is 0 Å². The van der Waals surface area contributed by atoms with Crippen LogP contribution in [0.15, 0.2) is 30.3 Å². The molecule has 0 saturated heterocycles. The van der Waals surface area contributed by atoms with E-state index < -0.39 is 0 Å². The molecule has 0 saturated carbocycles. The fourth-order valence-electron chi connectivity index (χ4n) is 1.39. The Morgan fingerprint density at radius 2 is 1.77 bits per heavy atom. The maximum Gasteiger partial charge on any atom is 0.0576 e. The second-order valence-corrected chi connectivity index (χ2v) is 5.05. The quantitative estimate of drug-likeness (QED) is 0.495. The van der Waals surface area contributed by atoms with Crippen LogP contribution in [0.4, 0.5) is 0 Å². The lowest BCUT2D eigenvalue weighted by atomic mass is 10.4. The second kappa shape index (κ2) is 5.91. The van der Waals surface area contributed by atoms with Crippen molar-refractivity contribution in [2.75, 3.05) is 14.1 Å². The van der Waals surface area contributed by atoms with Crippen molar-refractivity contribution in [2.24, 2.45) is 0 Å². The van der Waals surface area contributed by atoms with E-state index in [0.29, 0.717) is 6.17 Å². The SMILES string of the molecule is CNC(C[SiH2]c1ccccc1)NC. The van der Waals surface area contributed by atoms with E-state index >= 15 is 0 Å². The Kier molecular flexibility index (Phi) is 4.75. The van der Waals surface area contributed by atoms with Gasteiger partial charge in [0.05, 0.1) is 15.7 Å². The molecule has 3 heteroatoms. The largest absolute Gasteiger partial charge is 0.305 e. The first-order valence-electron chi connectivity index (χ1n) is 4.75. The lowest BCUT2D eigenvalue weighted by Gasteiger charge is -2.14. The summed E-state index contributed by atoms with van der Waals surface area (Å²) in [5.74, 6) is 0. The van der Waals surface area contributed by atoms with Crippen molar-refractivity contribution in [2.45, 2.75) is 12.2 Å². The fourth-order valence-corrected chi connectivity index (χ4v) is 3.19. The molecule has 13 heavy (non-hydrogen) atoms. The highest BCUT2D eigenvalue weighted by Gasteiger charge is 2.02. The zero-order valence-electron chi connectivity index (χ0n) is 8.38. The van der Waals surface area contributed by atoms with Crippen molar-refractivity contribution in [3.05, 3.63) is 30.3 Å². The van der Waals surface area contributed by atoms with Crippen LogP contribution in [-0.4, -0.2) is 29.8 Å². The van der Waals surface area contributed by atoms with E-state index in [4.69, 9.17) is 0 Å². The molecule has 0 fully saturated rings. The maximum absolute atomic E-state index is 3.25. The Bertz CT molecular complexity index is 222. The van der Waals surface area contributed by atoms with Gasteiger partial charge in [-0.3, -0.25) is 0 Å². The minimum absolute atomic E-state index is 0.106. The van der Waals surface area contributed by atoms with Crippen LogP contribution in [0.1, 0.15) is 0 Å². The van der Waals surface area contributed by atoms with Gasteiger partial charge in [-0.15, -0.1) is 0 Å². The molecule has 0 atom stereocenters. The minimum atomic E-state index is -0.106. The van der Waals surface area contributed by atoms with Crippen LogP contribution in [0.3, 0.4) is 0 Å². The summed E-state index contributed by atoms with van der Waals surface area (Å²) in [5.41, 5.74) is 0. The standard InChI is InChI=1S/C10H18N2Si/c1-11-10(12-2)8-13-9-6-4-3-5-7-9/h3-7,10-12H,8,13H2,1-2H3. The first-order chi connectivity index (χ1) is 6.36. The van der Waals surface area contributed by atoms with Gasteiger partial charge in [-0.25, -0.2) is 0 Å². The number of hydrogen-bond donors (Lipinski definition) is 2. The fraction of sp³-hybridized carbons (Fsp3) is 0.400. The summed E-state index contributed by atoms with van der Waals surface area (Å²) < 4.78 is 0. The van der Waals surface area contributed by atoms with E-state index in [9.17, 15) is 0 Å². The number of nitrogens with one attached hydrogen (secondary N) is 2. The highest BCUT2D eigenvalue weighted by molar-refractivity contribution is 6.53. The second-order valence-electron chi connectivity index (χ2n) is 3.15. The summed E-state index contributed by atoms with van der Waals surface area (Å²) in [6.07, 6.45) is 0.479. The summed E-state index contributed by atoms with van der Waals surface area (Å²) in [6.45, 7) is 0. The average Bonchev–Trinajstić information content (AvgIpc) is 2.21. The molecule has 2 nitrogen and oxygen atoms in total. The number of hydrogen-bond acceptors (Lipinski definition) is 2. The summed E-state index contributed by atoms with van der Waals surface area (Å²) in [4.78, 5) is 0. The predicted octanol–water partition coefficient (Wildman–Crippen LogP) is -0.336. The Labute approximate surface area is 82.6 Å². The van der Waals surface area contributed by atoms with E-state index in [1.807, 2.05) is 14.1 Å². The molecule has 2 N–H and O–H groups in total. The third kappa shape index (κ3) is 3.72. The molecule has 0 aromatic heterocycles. The van der Waals surface area contributed by atoms with Gasteiger partial charge in [0, 0.05) is 0 Å². The maximum atomic E-state index is 3.25. The molecule has 0 aliphatic heterocycles. The van der Waals surface area contributed by atoms with Gasteiger partial charge in [0.25, 0.3) is 0 Å². The third-order valence-electron chi connectivity index (χ3n) is 2.26. The molecule has 0 spiro atoms. The molecule has 0 aliphatic rings. The highest BCUT2D eigenvalue weighted by Crippen LogP contribution is 1.88. The van der Waals surface area contributed by atoms with Crippen molar-refractivity contribution in [1.29, 1.82) is 0 Å². The molecule has 72 valence electrons. The molecule has 0 heterocycles. The first-order valence-corrected chi connectivity index (χ1v) is 6.46. The monoisotopic (exact) mass is 194 g/mol. The lowest BCUT2D eigenvalue weighted by molar-refractivity contribution is 0.536. The molecular formula is C10H18N2Si. The van der Waals surface area contributed by atoms with Gasteiger partial charge >= 0.3 is 0 Å². The normalized spacial score (nSPS) is 11.6. The Morgan fingerprint density at radius 1 is 1.15 bits per heavy atom. The molecular weight excluding hydrogens is 176 g/mol. The van der Waals surface area contributed by atoms with Crippen LogP contribution in [0.5, 0.6) is 0 Å². The molecule has 0 unspecified atom stereocenters. The first kappa shape index (κ1) is 10.4. The van der Waals surface area contributed by atoms with Gasteiger partial charge in [0.1, 0.15) is 0 Å². The summed E-state index contributed by atoms with van der Waals surface area (Å²) in [5, 5.41) is 8.03. The van der Waals surface area contributed by atoms with Crippen LogP contribution in [0.25, 0.3) is 0 Å². The van der Waals surface area contributed by atoms with Crippen LogP contribution in [0, 0.1) is 0 Å². The van der Waals surface area contributed by atoms with Crippen molar-refractivity contribution < 1.29 is 0 Å². The molecule has 1 aromatic carbocycles. The summed E-state index contributed by atoms with van der Waals surface area (Å²) >= 11 is 0. The smallest absolute Gasteiger partial charge is 0.0576 e. The van der Waals surface area contributed by atoms with Crippen molar-refractivity contribution in [3.63, 3.8) is 0 Å². The van der Waals surface area contributed by atoms with Gasteiger partial charge < -0.3 is 10.6 Å². The molecule has 1 rings (SSSR count). The van der Waals surface area contributed by atoms with Crippen molar-refractivity contribution in [3.8, 4) is 0 Å². The van der Waals surface area contributed by atoms with Gasteiger partial charge in [-0.05, 0) is 20.1 Å². The molecule has 0 aliphatic carbocycles. The molecule has 1 aromatic rings. The Balaban J connectivity index is 2.34. The van der Waals surface area contributed by atoms with Gasteiger partial charge in [-0.1, -0.05) is 35.5 Å².